The van der Waals surface area contributed by atoms with Crippen molar-refractivity contribution < 1.29 is 27.1 Å². The van der Waals surface area contributed by atoms with E-state index in [9.17, 15) is 22.4 Å². The number of carbonyl (C=O) groups is 2. The molecule has 242 valence electrons. The first-order valence-corrected chi connectivity index (χ1v) is 16.8. The van der Waals surface area contributed by atoms with Crippen LogP contribution in [-0.4, -0.2) is 50.9 Å². The van der Waals surface area contributed by atoms with Gasteiger partial charge in [0.15, 0.2) is 0 Å². The second-order valence-electron chi connectivity index (χ2n) is 10.5. The van der Waals surface area contributed by atoms with E-state index in [-0.39, 0.29) is 29.5 Å². The van der Waals surface area contributed by atoms with Gasteiger partial charge in [-0.3, -0.25) is 13.9 Å². The Balaban J connectivity index is 1.78. The Morgan fingerprint density at radius 2 is 1.52 bits per heavy atom. The minimum Gasteiger partial charge on any atom is -0.494 e. The van der Waals surface area contributed by atoms with Crippen molar-refractivity contribution >= 4 is 39.1 Å². The van der Waals surface area contributed by atoms with Crippen molar-refractivity contribution in [3.05, 3.63) is 125 Å². The topological polar surface area (TPSA) is 96.0 Å². The van der Waals surface area contributed by atoms with Gasteiger partial charge in [-0.05, 0) is 85.1 Å². The molecule has 0 bridgehead atoms. The lowest BCUT2D eigenvalue weighted by Gasteiger charge is -2.34. The summed E-state index contributed by atoms with van der Waals surface area (Å²) in [5.74, 6) is -1.06. The van der Waals surface area contributed by atoms with Gasteiger partial charge in [-0.1, -0.05) is 61.0 Å². The molecule has 4 aromatic carbocycles. The van der Waals surface area contributed by atoms with E-state index in [0.717, 1.165) is 22.0 Å². The first-order chi connectivity index (χ1) is 22.1. The molecule has 0 aliphatic rings. The summed E-state index contributed by atoms with van der Waals surface area (Å²) >= 11 is 6.12. The van der Waals surface area contributed by atoms with Gasteiger partial charge in [-0.15, -0.1) is 0 Å². The molecule has 0 radical (unpaired) electrons. The Kier molecular flexibility index (Phi) is 12.2. The van der Waals surface area contributed by atoms with Crippen molar-refractivity contribution in [1.82, 2.24) is 10.2 Å². The van der Waals surface area contributed by atoms with E-state index >= 15 is 0 Å². The van der Waals surface area contributed by atoms with Crippen LogP contribution in [0.4, 0.5) is 10.1 Å². The Morgan fingerprint density at radius 1 is 0.870 bits per heavy atom. The highest BCUT2D eigenvalue weighted by atomic mass is 35.5. The Morgan fingerprint density at radius 3 is 2.13 bits per heavy atom. The molecule has 11 heteroatoms. The molecular weight excluding hydrogens is 629 g/mol. The smallest absolute Gasteiger partial charge is 0.264 e. The standard InChI is InChI=1S/C35H37ClFN3O5S/c1-3-22-38-35(42)33(23-26-8-6-5-7-9-26)39(24-27-10-12-28(36)13-11-27)34(41)25-40(30-16-14-29(37)15-17-30)46(43,44)32-20-18-31(19-21-32)45-4-2/h5-21,33H,3-4,22-25H2,1-2H3,(H,38,42)/t33-/m1/s1. The average Bonchev–Trinajstić information content (AvgIpc) is 3.06. The number of nitrogens with one attached hydrogen (secondary N) is 1. The van der Waals surface area contributed by atoms with Crippen LogP contribution in [0.2, 0.25) is 5.02 Å². The highest BCUT2D eigenvalue weighted by Gasteiger charge is 2.34. The number of carbonyl (C=O) groups excluding carboxylic acids is 2. The third-order valence-electron chi connectivity index (χ3n) is 7.20. The first kappa shape index (κ1) is 34.5. The van der Waals surface area contributed by atoms with Gasteiger partial charge < -0.3 is 15.0 Å². The summed E-state index contributed by atoms with van der Waals surface area (Å²) in [5, 5.41) is 3.41. The maximum Gasteiger partial charge on any atom is 0.264 e. The number of benzene rings is 4. The minimum absolute atomic E-state index is 0.00735. The van der Waals surface area contributed by atoms with E-state index in [0.29, 0.717) is 35.9 Å². The van der Waals surface area contributed by atoms with Crippen LogP contribution >= 0.6 is 11.6 Å². The molecule has 0 aliphatic carbocycles. The van der Waals surface area contributed by atoms with Crippen molar-refractivity contribution in [2.45, 2.75) is 44.2 Å². The molecule has 2 amide bonds. The van der Waals surface area contributed by atoms with E-state index in [1.54, 1.807) is 24.3 Å². The predicted octanol–water partition coefficient (Wildman–Crippen LogP) is 6.24. The summed E-state index contributed by atoms with van der Waals surface area (Å²) in [4.78, 5) is 29.4. The highest BCUT2D eigenvalue weighted by molar-refractivity contribution is 7.92. The second-order valence-corrected chi connectivity index (χ2v) is 12.8. The number of hydrogen-bond acceptors (Lipinski definition) is 5. The van der Waals surface area contributed by atoms with Gasteiger partial charge in [0.2, 0.25) is 11.8 Å². The van der Waals surface area contributed by atoms with Crippen LogP contribution in [0.25, 0.3) is 0 Å². The zero-order valence-corrected chi connectivity index (χ0v) is 27.3. The molecule has 46 heavy (non-hydrogen) atoms. The summed E-state index contributed by atoms with van der Waals surface area (Å²) in [7, 11) is -4.33. The zero-order valence-electron chi connectivity index (χ0n) is 25.7. The molecule has 0 aliphatic heterocycles. The molecule has 0 saturated carbocycles. The second kappa shape index (κ2) is 16.2. The van der Waals surface area contributed by atoms with Crippen molar-refractivity contribution in [3.63, 3.8) is 0 Å². The maximum atomic E-state index is 14.4. The molecule has 0 heterocycles. The number of anilines is 1. The predicted molar refractivity (Wildman–Crippen MR) is 178 cm³/mol. The molecule has 0 aromatic heterocycles. The van der Waals surface area contributed by atoms with Crippen LogP contribution in [0, 0.1) is 5.82 Å². The fraction of sp³-hybridized carbons (Fsp3) is 0.257. The monoisotopic (exact) mass is 665 g/mol. The lowest BCUT2D eigenvalue weighted by molar-refractivity contribution is -0.140. The molecule has 1 atom stereocenters. The number of nitrogens with zero attached hydrogens (tertiary/aromatic N) is 2. The van der Waals surface area contributed by atoms with Crippen LogP contribution < -0.4 is 14.4 Å². The number of amides is 2. The van der Waals surface area contributed by atoms with Crippen molar-refractivity contribution in [2.24, 2.45) is 0 Å². The van der Waals surface area contributed by atoms with E-state index < -0.39 is 34.3 Å². The van der Waals surface area contributed by atoms with Gasteiger partial charge >= 0.3 is 0 Å². The van der Waals surface area contributed by atoms with E-state index in [4.69, 9.17) is 16.3 Å². The molecule has 4 aromatic rings. The summed E-state index contributed by atoms with van der Waals surface area (Å²) in [5.41, 5.74) is 1.61. The highest BCUT2D eigenvalue weighted by Crippen LogP contribution is 2.27. The number of hydrogen-bond donors (Lipinski definition) is 1. The Hall–Kier alpha value is -4.41. The van der Waals surface area contributed by atoms with Gasteiger partial charge in [0.1, 0.15) is 24.2 Å². The van der Waals surface area contributed by atoms with Crippen LogP contribution in [0.3, 0.4) is 0 Å². The summed E-state index contributed by atoms with van der Waals surface area (Å²) < 4.78 is 48.5. The van der Waals surface area contributed by atoms with Crippen molar-refractivity contribution in [3.8, 4) is 5.75 Å². The molecule has 0 fully saturated rings. The summed E-state index contributed by atoms with van der Waals surface area (Å²) in [6, 6.07) is 25.9. The van der Waals surface area contributed by atoms with E-state index in [2.05, 4.69) is 5.32 Å². The van der Waals surface area contributed by atoms with Gasteiger partial charge in [0.25, 0.3) is 10.0 Å². The van der Waals surface area contributed by atoms with Crippen LogP contribution in [-0.2, 0) is 32.6 Å². The van der Waals surface area contributed by atoms with Crippen LogP contribution in [0.5, 0.6) is 5.75 Å². The van der Waals surface area contributed by atoms with E-state index in [1.165, 1.54) is 41.3 Å². The SMILES string of the molecule is CCCNC(=O)[C@@H](Cc1ccccc1)N(Cc1ccc(Cl)cc1)C(=O)CN(c1ccc(F)cc1)S(=O)(=O)c1ccc(OCC)cc1. The molecule has 8 nitrogen and oxygen atoms in total. The van der Waals surface area contributed by atoms with Gasteiger partial charge in [-0.25, -0.2) is 12.8 Å². The third-order valence-corrected chi connectivity index (χ3v) is 9.24. The molecule has 0 unspecified atom stereocenters. The fourth-order valence-electron chi connectivity index (χ4n) is 4.84. The summed E-state index contributed by atoms with van der Waals surface area (Å²) in [6.07, 6.45) is 0.880. The first-order valence-electron chi connectivity index (χ1n) is 15.0. The summed E-state index contributed by atoms with van der Waals surface area (Å²) in [6.45, 7) is 3.91. The number of rotatable bonds is 15. The number of halogens is 2. The maximum absolute atomic E-state index is 14.4. The average molecular weight is 666 g/mol. The minimum atomic E-state index is -4.33. The Bertz CT molecular complexity index is 1690. The zero-order chi connectivity index (χ0) is 33.1. The van der Waals surface area contributed by atoms with Gasteiger partial charge in [0, 0.05) is 24.5 Å². The van der Waals surface area contributed by atoms with Crippen LogP contribution in [0.15, 0.2) is 108 Å². The molecule has 4 rings (SSSR count). The largest absolute Gasteiger partial charge is 0.494 e. The Labute approximate surface area is 274 Å². The van der Waals surface area contributed by atoms with Crippen LogP contribution in [0.1, 0.15) is 31.4 Å². The van der Waals surface area contributed by atoms with Crippen molar-refractivity contribution in [2.75, 3.05) is 24.0 Å². The normalized spacial score (nSPS) is 11.8. The lowest BCUT2D eigenvalue weighted by atomic mass is 10.0. The van der Waals surface area contributed by atoms with E-state index in [1.807, 2.05) is 44.2 Å². The lowest BCUT2D eigenvalue weighted by Crippen LogP contribution is -2.53. The quantitative estimate of drug-likeness (QED) is 0.162. The number of ether oxygens (including phenoxy) is 1. The van der Waals surface area contributed by atoms with Gasteiger partial charge in [-0.2, -0.15) is 0 Å². The van der Waals surface area contributed by atoms with Gasteiger partial charge in [0.05, 0.1) is 17.2 Å². The van der Waals surface area contributed by atoms with Crippen molar-refractivity contribution in [1.29, 1.82) is 0 Å². The fourth-order valence-corrected chi connectivity index (χ4v) is 6.38. The molecule has 1 N–H and O–H groups in total. The molecular formula is C35H37ClFN3O5S. The number of sulfonamides is 1. The molecule has 0 spiro atoms. The third kappa shape index (κ3) is 9.08. The molecule has 0 saturated heterocycles.